The number of amides is 1. The van der Waals surface area contributed by atoms with Gasteiger partial charge in [-0.15, -0.1) is 0 Å². The summed E-state index contributed by atoms with van der Waals surface area (Å²) in [5, 5.41) is 2.16. The molecule has 0 aliphatic rings. The van der Waals surface area contributed by atoms with Gasteiger partial charge in [0.25, 0.3) is 5.91 Å². The van der Waals surface area contributed by atoms with Crippen LogP contribution >= 0.6 is 0 Å². The van der Waals surface area contributed by atoms with Gasteiger partial charge in [0.2, 0.25) is 0 Å². The molecule has 0 unspecified atom stereocenters. The Morgan fingerprint density at radius 1 is 1.20 bits per heavy atom. The highest BCUT2D eigenvalue weighted by molar-refractivity contribution is 6.04. The van der Waals surface area contributed by atoms with Crippen LogP contribution in [-0.2, 0) is 6.18 Å². The number of anilines is 1. The average Bonchev–Trinajstić information content (AvgIpc) is 2.39. The first kappa shape index (κ1) is 13.9. The van der Waals surface area contributed by atoms with Crippen molar-refractivity contribution >= 4 is 11.7 Å². The molecule has 0 atom stereocenters. The number of rotatable bonds is 2. The van der Waals surface area contributed by atoms with E-state index in [0.717, 1.165) is 0 Å². The van der Waals surface area contributed by atoms with Crippen molar-refractivity contribution in [2.75, 3.05) is 5.32 Å². The van der Waals surface area contributed by atoms with E-state index in [1.54, 1.807) is 0 Å². The fraction of sp³-hybridized carbons (Fsp3) is 0.0833. The smallest absolute Gasteiger partial charge is 0.305 e. The Bertz CT molecular complexity index is 628. The van der Waals surface area contributed by atoms with Gasteiger partial charge in [0.05, 0.1) is 17.3 Å². The zero-order valence-electron chi connectivity index (χ0n) is 9.78. The molecule has 1 heterocycles. The van der Waals surface area contributed by atoms with E-state index < -0.39 is 29.0 Å². The summed E-state index contributed by atoms with van der Waals surface area (Å²) in [6.45, 7) is 0. The van der Waals surface area contributed by atoms with Crippen molar-refractivity contribution in [2.24, 2.45) is 0 Å². The second-order valence-electron chi connectivity index (χ2n) is 3.74. The topological polar surface area (TPSA) is 54.9 Å². The van der Waals surface area contributed by atoms with E-state index >= 15 is 0 Å². The third-order valence-corrected chi connectivity index (χ3v) is 2.34. The fourth-order valence-corrected chi connectivity index (χ4v) is 1.42. The molecular formula is C12H7F4N3O. The number of alkyl halides is 3. The molecule has 0 saturated heterocycles. The Hall–Kier alpha value is -2.51. The molecule has 0 aliphatic heterocycles. The number of hydrogen-bond donors (Lipinski definition) is 1. The van der Waals surface area contributed by atoms with E-state index in [1.165, 1.54) is 18.6 Å². The number of carbonyl (C=O) groups is 1. The first-order valence-electron chi connectivity index (χ1n) is 5.32. The van der Waals surface area contributed by atoms with Crippen molar-refractivity contribution in [1.82, 2.24) is 9.97 Å². The van der Waals surface area contributed by atoms with E-state index in [9.17, 15) is 22.4 Å². The van der Waals surface area contributed by atoms with Gasteiger partial charge in [-0.3, -0.25) is 9.78 Å². The lowest BCUT2D eigenvalue weighted by atomic mass is 10.1. The predicted molar refractivity (Wildman–Crippen MR) is 61.4 cm³/mol. The van der Waals surface area contributed by atoms with E-state index in [4.69, 9.17) is 0 Å². The number of hydrogen-bond acceptors (Lipinski definition) is 3. The van der Waals surface area contributed by atoms with Crippen LogP contribution < -0.4 is 5.32 Å². The summed E-state index contributed by atoms with van der Waals surface area (Å²) in [6, 6.07) is 1.60. The van der Waals surface area contributed by atoms with Crippen LogP contribution in [0.15, 0.2) is 36.8 Å². The van der Waals surface area contributed by atoms with Gasteiger partial charge in [-0.25, -0.2) is 9.37 Å². The summed E-state index contributed by atoms with van der Waals surface area (Å²) in [6.07, 6.45) is -0.850. The highest BCUT2D eigenvalue weighted by Gasteiger charge is 2.31. The summed E-state index contributed by atoms with van der Waals surface area (Å²) in [7, 11) is 0. The van der Waals surface area contributed by atoms with Gasteiger partial charge in [0, 0.05) is 12.4 Å². The first-order valence-corrected chi connectivity index (χ1v) is 5.32. The zero-order chi connectivity index (χ0) is 14.8. The van der Waals surface area contributed by atoms with Crippen molar-refractivity contribution in [2.45, 2.75) is 6.18 Å². The molecule has 2 rings (SSSR count). The molecule has 1 N–H and O–H groups in total. The average molecular weight is 285 g/mol. The predicted octanol–water partition coefficient (Wildman–Crippen LogP) is 2.89. The minimum atomic E-state index is -4.66. The first-order chi connectivity index (χ1) is 9.38. The normalized spacial score (nSPS) is 11.2. The van der Waals surface area contributed by atoms with Gasteiger partial charge in [-0.05, 0) is 18.2 Å². The van der Waals surface area contributed by atoms with Crippen molar-refractivity contribution in [3.63, 3.8) is 0 Å². The molecule has 4 nitrogen and oxygen atoms in total. The van der Waals surface area contributed by atoms with Crippen LogP contribution in [-0.4, -0.2) is 15.9 Å². The standard InChI is InChI=1S/C12H7F4N3O/c13-9-2-1-7(12(14,15)16)5-8(9)11(20)19-10-6-17-3-4-18-10/h1-6H,(H,18,19,20). The third-order valence-electron chi connectivity index (χ3n) is 2.34. The molecule has 1 aromatic carbocycles. The summed E-state index contributed by atoms with van der Waals surface area (Å²) >= 11 is 0. The van der Waals surface area contributed by atoms with Crippen molar-refractivity contribution in [3.8, 4) is 0 Å². The summed E-state index contributed by atoms with van der Waals surface area (Å²) < 4.78 is 51.0. The number of aromatic nitrogens is 2. The monoisotopic (exact) mass is 285 g/mol. The minimum Gasteiger partial charge on any atom is -0.305 e. The molecule has 0 bridgehead atoms. The van der Waals surface area contributed by atoms with Gasteiger partial charge < -0.3 is 5.32 Å². The molecule has 0 saturated carbocycles. The molecule has 8 heteroatoms. The lowest BCUT2D eigenvalue weighted by molar-refractivity contribution is -0.137. The molecule has 0 aliphatic carbocycles. The minimum absolute atomic E-state index is 0.00862. The van der Waals surface area contributed by atoms with Gasteiger partial charge in [0.15, 0.2) is 5.82 Å². The SMILES string of the molecule is O=C(Nc1cnccn1)c1cc(C(F)(F)F)ccc1F. The molecular weight excluding hydrogens is 278 g/mol. The number of benzene rings is 1. The molecule has 0 radical (unpaired) electrons. The molecule has 0 fully saturated rings. The Morgan fingerprint density at radius 3 is 2.55 bits per heavy atom. The summed E-state index contributed by atoms with van der Waals surface area (Å²) in [4.78, 5) is 19.1. The lowest BCUT2D eigenvalue weighted by Gasteiger charge is -2.09. The van der Waals surface area contributed by atoms with Crippen molar-refractivity contribution in [3.05, 3.63) is 53.7 Å². The highest BCUT2D eigenvalue weighted by Crippen LogP contribution is 2.30. The highest BCUT2D eigenvalue weighted by atomic mass is 19.4. The van der Waals surface area contributed by atoms with E-state index in [-0.39, 0.29) is 5.82 Å². The van der Waals surface area contributed by atoms with Crippen LogP contribution in [0.3, 0.4) is 0 Å². The number of carbonyl (C=O) groups excluding carboxylic acids is 1. The third kappa shape index (κ3) is 3.08. The lowest BCUT2D eigenvalue weighted by Crippen LogP contribution is -2.16. The number of nitrogens with one attached hydrogen (secondary N) is 1. The number of halogens is 4. The summed E-state index contributed by atoms with van der Waals surface area (Å²) in [5.74, 6) is -2.08. The van der Waals surface area contributed by atoms with Gasteiger partial charge in [-0.1, -0.05) is 0 Å². The van der Waals surface area contributed by atoms with Gasteiger partial charge >= 0.3 is 6.18 Å². The van der Waals surface area contributed by atoms with Crippen LogP contribution in [0.4, 0.5) is 23.4 Å². The van der Waals surface area contributed by atoms with Crippen LogP contribution in [0.25, 0.3) is 0 Å². The maximum atomic E-state index is 13.4. The van der Waals surface area contributed by atoms with Crippen molar-refractivity contribution in [1.29, 1.82) is 0 Å². The van der Waals surface area contributed by atoms with Gasteiger partial charge in [-0.2, -0.15) is 13.2 Å². The maximum Gasteiger partial charge on any atom is 0.416 e. The Labute approximate surface area is 110 Å². The summed E-state index contributed by atoms with van der Waals surface area (Å²) in [5.41, 5.74) is -1.83. The van der Waals surface area contributed by atoms with Crippen LogP contribution in [0.5, 0.6) is 0 Å². The van der Waals surface area contributed by atoms with Crippen LogP contribution in [0.1, 0.15) is 15.9 Å². The quantitative estimate of drug-likeness (QED) is 0.863. The zero-order valence-corrected chi connectivity index (χ0v) is 9.78. The Balaban J connectivity index is 2.30. The largest absolute Gasteiger partial charge is 0.416 e. The fourth-order valence-electron chi connectivity index (χ4n) is 1.42. The molecule has 20 heavy (non-hydrogen) atoms. The van der Waals surface area contributed by atoms with E-state index in [1.807, 2.05) is 0 Å². The van der Waals surface area contributed by atoms with Crippen LogP contribution in [0.2, 0.25) is 0 Å². The van der Waals surface area contributed by atoms with Gasteiger partial charge in [0.1, 0.15) is 5.82 Å². The molecule has 104 valence electrons. The second kappa shape index (κ2) is 5.24. The molecule has 1 aromatic heterocycles. The molecule has 2 aromatic rings. The number of nitrogens with zero attached hydrogens (tertiary/aromatic N) is 2. The van der Waals surface area contributed by atoms with Crippen LogP contribution in [0, 0.1) is 5.82 Å². The van der Waals surface area contributed by atoms with Crippen molar-refractivity contribution < 1.29 is 22.4 Å². The van der Waals surface area contributed by atoms with E-state index in [0.29, 0.717) is 18.2 Å². The van der Waals surface area contributed by atoms with E-state index in [2.05, 4.69) is 15.3 Å². The maximum absolute atomic E-state index is 13.4. The Morgan fingerprint density at radius 2 is 1.95 bits per heavy atom. The Kier molecular flexibility index (Phi) is 3.64. The molecule has 0 spiro atoms. The molecule has 1 amide bonds. The second-order valence-corrected chi connectivity index (χ2v) is 3.74.